The second kappa shape index (κ2) is 14.3. The van der Waals surface area contributed by atoms with Gasteiger partial charge >= 0.3 is 0 Å². The zero-order chi connectivity index (χ0) is 19.2. The smallest absolute Gasteiger partial charge is 0.232 e. The molecule has 0 fully saturated rings. The largest absolute Gasteiger partial charge is 0.388 e. The number of unbranched alkanes of at least 4 members (excludes halogenated alkanes) is 4. The van der Waals surface area contributed by atoms with Gasteiger partial charge in [-0.15, -0.1) is 0 Å². The normalized spacial score (nSPS) is 13.9. The van der Waals surface area contributed by atoms with Gasteiger partial charge in [-0.3, -0.25) is 4.55 Å². The number of hydrogen-bond donors (Lipinski definition) is 3. The lowest BCUT2D eigenvalue weighted by Crippen LogP contribution is -2.26. The van der Waals surface area contributed by atoms with Crippen molar-refractivity contribution in [2.45, 2.75) is 71.4 Å². The first-order valence-electron chi connectivity index (χ1n) is 9.90. The zero-order valence-corrected chi connectivity index (χ0v) is 17.1. The van der Waals surface area contributed by atoms with Crippen molar-refractivity contribution < 1.29 is 13.9 Å². The van der Waals surface area contributed by atoms with E-state index in [9.17, 15) is 9.32 Å². The molecule has 1 aromatic carbocycles. The summed E-state index contributed by atoms with van der Waals surface area (Å²) in [7, 11) is 0. The van der Waals surface area contributed by atoms with E-state index in [0.29, 0.717) is 6.54 Å². The summed E-state index contributed by atoms with van der Waals surface area (Å²) in [6.45, 7) is 8.04. The fraction of sp³-hybridized carbons (Fsp3) is 0.700. The van der Waals surface area contributed by atoms with E-state index in [1.807, 2.05) is 24.3 Å². The number of aliphatic hydroxyl groups is 1. The molecular formula is C20H36N2O3S. The van der Waals surface area contributed by atoms with Crippen LogP contribution in [0.4, 0.5) is 0 Å². The van der Waals surface area contributed by atoms with Crippen LogP contribution in [-0.2, 0) is 17.8 Å². The van der Waals surface area contributed by atoms with E-state index in [2.05, 4.69) is 23.5 Å². The van der Waals surface area contributed by atoms with Crippen LogP contribution < -0.4 is 4.72 Å². The summed E-state index contributed by atoms with van der Waals surface area (Å²) in [5, 5.41) is 10.4. The summed E-state index contributed by atoms with van der Waals surface area (Å²) in [6.07, 6.45) is 7.84. The van der Waals surface area contributed by atoms with Gasteiger partial charge in [0.15, 0.2) is 0 Å². The van der Waals surface area contributed by atoms with Gasteiger partial charge in [-0.05, 0) is 50.0 Å². The van der Waals surface area contributed by atoms with E-state index in [0.717, 1.165) is 43.6 Å². The number of hydrogen-bond acceptors (Lipinski definition) is 3. The summed E-state index contributed by atoms with van der Waals surface area (Å²) < 4.78 is 21.8. The first-order chi connectivity index (χ1) is 12.6. The highest BCUT2D eigenvalue weighted by molar-refractivity contribution is 7.77. The van der Waals surface area contributed by atoms with Gasteiger partial charge in [0, 0.05) is 6.54 Å². The maximum Gasteiger partial charge on any atom is 0.232 e. The monoisotopic (exact) mass is 384 g/mol. The van der Waals surface area contributed by atoms with E-state index in [1.54, 1.807) is 0 Å². The molecular weight excluding hydrogens is 348 g/mol. The molecule has 1 aromatic rings. The number of rotatable bonds is 15. The molecule has 0 spiro atoms. The molecule has 0 amide bonds. The van der Waals surface area contributed by atoms with Crippen LogP contribution in [0.3, 0.4) is 0 Å². The van der Waals surface area contributed by atoms with E-state index in [4.69, 9.17) is 4.55 Å². The Morgan fingerprint density at radius 2 is 1.69 bits per heavy atom. The molecule has 2 unspecified atom stereocenters. The van der Waals surface area contributed by atoms with Gasteiger partial charge in [-0.1, -0.05) is 63.8 Å². The Morgan fingerprint density at radius 1 is 1.04 bits per heavy atom. The highest BCUT2D eigenvalue weighted by Gasteiger charge is 2.09. The van der Waals surface area contributed by atoms with Crippen LogP contribution in [0.25, 0.3) is 0 Å². The van der Waals surface area contributed by atoms with E-state index >= 15 is 0 Å². The van der Waals surface area contributed by atoms with E-state index in [1.165, 1.54) is 32.1 Å². The van der Waals surface area contributed by atoms with Crippen molar-refractivity contribution >= 4 is 11.3 Å². The molecule has 150 valence electrons. The van der Waals surface area contributed by atoms with Gasteiger partial charge in [0.25, 0.3) is 0 Å². The average molecular weight is 385 g/mol. The molecule has 26 heavy (non-hydrogen) atoms. The highest BCUT2D eigenvalue weighted by Crippen LogP contribution is 2.19. The Kier molecular flexibility index (Phi) is 12.8. The summed E-state index contributed by atoms with van der Waals surface area (Å²) in [6, 6.07) is 7.56. The fourth-order valence-electron chi connectivity index (χ4n) is 3.04. The molecule has 0 aliphatic heterocycles. The van der Waals surface area contributed by atoms with Crippen molar-refractivity contribution in [3.63, 3.8) is 0 Å². The Bertz CT molecular complexity index is 496. The van der Waals surface area contributed by atoms with Gasteiger partial charge in [0.2, 0.25) is 11.3 Å². The third-order valence-electron chi connectivity index (χ3n) is 4.74. The maximum absolute atomic E-state index is 10.6. The molecule has 0 radical (unpaired) electrons. The molecule has 6 heteroatoms. The van der Waals surface area contributed by atoms with Gasteiger partial charge < -0.3 is 10.0 Å². The topological polar surface area (TPSA) is 72.8 Å². The molecule has 0 aliphatic carbocycles. The van der Waals surface area contributed by atoms with Gasteiger partial charge in [-0.25, -0.2) is 8.93 Å². The SMILES string of the molecule is CCCCCCCN(CC)CCCC(O)c1ccc(CNS(=O)O)cc1. The van der Waals surface area contributed by atoms with Crippen molar-refractivity contribution in [2.24, 2.45) is 0 Å². The van der Waals surface area contributed by atoms with Crippen molar-refractivity contribution in [2.75, 3.05) is 19.6 Å². The zero-order valence-electron chi connectivity index (χ0n) is 16.3. The molecule has 2 atom stereocenters. The number of nitrogens with zero attached hydrogens (tertiary/aromatic N) is 1. The minimum absolute atomic E-state index is 0.337. The molecule has 1 rings (SSSR count). The molecule has 0 bridgehead atoms. The lowest BCUT2D eigenvalue weighted by Gasteiger charge is -2.21. The predicted molar refractivity (Wildman–Crippen MR) is 109 cm³/mol. The minimum Gasteiger partial charge on any atom is -0.388 e. The van der Waals surface area contributed by atoms with Crippen LogP contribution in [0.2, 0.25) is 0 Å². The molecule has 3 N–H and O–H groups in total. The van der Waals surface area contributed by atoms with Crippen molar-refractivity contribution in [3.05, 3.63) is 35.4 Å². The van der Waals surface area contributed by atoms with Crippen molar-refractivity contribution in [1.82, 2.24) is 9.62 Å². The molecule has 0 heterocycles. The summed E-state index contributed by atoms with van der Waals surface area (Å²) in [5.41, 5.74) is 1.82. The lowest BCUT2D eigenvalue weighted by molar-refractivity contribution is 0.155. The predicted octanol–water partition coefficient (Wildman–Crippen LogP) is 4.02. The highest BCUT2D eigenvalue weighted by atomic mass is 32.2. The van der Waals surface area contributed by atoms with Crippen molar-refractivity contribution in [1.29, 1.82) is 0 Å². The second-order valence-electron chi connectivity index (χ2n) is 6.82. The van der Waals surface area contributed by atoms with Crippen molar-refractivity contribution in [3.8, 4) is 0 Å². The minimum atomic E-state index is -2.00. The molecule has 0 saturated carbocycles. The van der Waals surface area contributed by atoms with Gasteiger partial charge in [-0.2, -0.15) is 0 Å². The van der Waals surface area contributed by atoms with E-state index < -0.39 is 17.4 Å². The molecule has 0 saturated heterocycles. The van der Waals surface area contributed by atoms with Crippen LogP contribution in [0.5, 0.6) is 0 Å². The Hall–Kier alpha value is -0.790. The number of aliphatic hydroxyl groups excluding tert-OH is 1. The first-order valence-corrected chi connectivity index (χ1v) is 11.0. The Balaban J connectivity index is 2.27. The molecule has 5 nitrogen and oxygen atoms in total. The summed E-state index contributed by atoms with van der Waals surface area (Å²) in [5.74, 6) is 0. The lowest BCUT2D eigenvalue weighted by atomic mass is 10.0. The van der Waals surface area contributed by atoms with Crippen LogP contribution in [0.15, 0.2) is 24.3 Å². The van der Waals surface area contributed by atoms with Gasteiger partial charge in [0.1, 0.15) is 0 Å². The van der Waals surface area contributed by atoms with Gasteiger partial charge in [0.05, 0.1) is 6.10 Å². The number of nitrogens with one attached hydrogen (secondary N) is 1. The standard InChI is InChI=1S/C20H36N2O3S/c1-3-5-6-7-8-15-22(4-2)16-9-10-20(23)19-13-11-18(12-14-19)17-21-26(24)25/h11-14,20-21,23H,3-10,15-17H2,1-2H3,(H,24,25). The average Bonchev–Trinajstić information content (AvgIpc) is 2.65. The third kappa shape index (κ3) is 10.4. The quantitative estimate of drug-likeness (QED) is 0.315. The summed E-state index contributed by atoms with van der Waals surface area (Å²) in [4.78, 5) is 2.47. The number of benzene rings is 1. The Morgan fingerprint density at radius 3 is 2.31 bits per heavy atom. The third-order valence-corrected chi connectivity index (χ3v) is 5.13. The van der Waals surface area contributed by atoms with Crippen LogP contribution in [0, 0.1) is 0 Å². The van der Waals surface area contributed by atoms with Crippen LogP contribution >= 0.6 is 0 Å². The van der Waals surface area contributed by atoms with E-state index in [-0.39, 0.29) is 0 Å². The Labute approximate surface area is 161 Å². The summed E-state index contributed by atoms with van der Waals surface area (Å²) >= 11 is -2.00. The van der Waals surface area contributed by atoms with Crippen LogP contribution in [-0.4, -0.2) is 38.4 Å². The second-order valence-corrected chi connectivity index (χ2v) is 7.61. The first kappa shape index (κ1) is 23.2. The molecule has 0 aliphatic rings. The fourth-order valence-corrected chi connectivity index (χ4v) is 3.33. The van der Waals surface area contributed by atoms with Crippen LogP contribution in [0.1, 0.15) is 76.0 Å². The maximum atomic E-state index is 10.6. The molecule has 0 aromatic heterocycles.